The molecule has 6 nitrogen and oxygen atoms in total. The van der Waals surface area contributed by atoms with Crippen LogP contribution < -0.4 is 19.7 Å². The first-order valence-electron chi connectivity index (χ1n) is 11.3. The fourth-order valence-corrected chi connectivity index (χ4v) is 4.08. The molecule has 1 aliphatic rings. The number of hydrogen-bond acceptors (Lipinski definition) is 5. The highest BCUT2D eigenvalue weighted by molar-refractivity contribution is 7.80. The number of rotatable bonds is 7. The van der Waals surface area contributed by atoms with E-state index < -0.39 is 11.8 Å². The summed E-state index contributed by atoms with van der Waals surface area (Å²) in [7, 11) is 1.55. The number of methoxy groups -OCH3 is 1. The summed E-state index contributed by atoms with van der Waals surface area (Å²) >= 11 is 5.29. The first-order chi connectivity index (χ1) is 16.9. The summed E-state index contributed by atoms with van der Waals surface area (Å²) < 4.78 is 11.4. The van der Waals surface area contributed by atoms with Crippen LogP contribution >= 0.6 is 12.2 Å². The summed E-state index contributed by atoms with van der Waals surface area (Å²) in [5.74, 6) is 0.0366. The van der Waals surface area contributed by atoms with E-state index in [1.807, 2.05) is 49.4 Å². The van der Waals surface area contributed by atoms with Gasteiger partial charge in [0.1, 0.15) is 12.2 Å². The van der Waals surface area contributed by atoms with E-state index in [-0.39, 0.29) is 10.7 Å². The molecule has 3 aromatic carbocycles. The second kappa shape index (κ2) is 10.5. The Hall–Kier alpha value is -3.97. The van der Waals surface area contributed by atoms with E-state index >= 15 is 0 Å². The summed E-state index contributed by atoms with van der Waals surface area (Å²) in [5, 5.41) is 2.67. The first-order valence-corrected chi connectivity index (χ1v) is 11.7. The highest BCUT2D eigenvalue weighted by Crippen LogP contribution is 2.30. The maximum Gasteiger partial charge on any atom is 0.270 e. The average molecular weight is 487 g/mol. The Morgan fingerprint density at radius 1 is 0.971 bits per heavy atom. The number of nitrogens with one attached hydrogen (secondary N) is 1. The predicted molar refractivity (Wildman–Crippen MR) is 141 cm³/mol. The first kappa shape index (κ1) is 24.2. The molecule has 1 saturated heterocycles. The van der Waals surface area contributed by atoms with Gasteiger partial charge in [0.2, 0.25) is 0 Å². The van der Waals surface area contributed by atoms with Gasteiger partial charge >= 0.3 is 0 Å². The molecule has 0 saturated carbocycles. The third kappa shape index (κ3) is 5.41. The molecule has 1 heterocycles. The number of anilines is 1. The molecule has 0 atom stereocenters. The SMILES string of the molecule is CCc1ccc(N2C(=O)/C(=C/c3ccc(OCc4cccc(C)c4)c(OC)c3)C(=O)NC2=S)cc1. The van der Waals surface area contributed by atoms with Crippen molar-refractivity contribution in [2.45, 2.75) is 26.9 Å². The minimum atomic E-state index is -0.542. The van der Waals surface area contributed by atoms with Gasteiger partial charge in [0.15, 0.2) is 16.6 Å². The zero-order valence-electron chi connectivity index (χ0n) is 19.8. The Kier molecular flexibility index (Phi) is 7.27. The van der Waals surface area contributed by atoms with Gasteiger partial charge in [0.05, 0.1) is 12.8 Å². The van der Waals surface area contributed by atoms with Crippen molar-refractivity contribution in [3.63, 3.8) is 0 Å². The molecule has 0 radical (unpaired) electrons. The largest absolute Gasteiger partial charge is 0.493 e. The molecule has 2 amide bonds. The van der Waals surface area contributed by atoms with Crippen LogP contribution in [0.4, 0.5) is 5.69 Å². The number of aryl methyl sites for hydroxylation is 2. The van der Waals surface area contributed by atoms with E-state index in [0.29, 0.717) is 29.4 Å². The van der Waals surface area contributed by atoms with Crippen molar-refractivity contribution in [1.82, 2.24) is 5.32 Å². The summed E-state index contributed by atoms with van der Waals surface area (Å²) in [6.07, 6.45) is 2.41. The minimum absolute atomic E-state index is 0.0198. The smallest absolute Gasteiger partial charge is 0.270 e. The molecule has 1 fully saturated rings. The highest BCUT2D eigenvalue weighted by atomic mass is 32.1. The quantitative estimate of drug-likeness (QED) is 0.290. The normalized spacial score (nSPS) is 14.8. The molecular weight excluding hydrogens is 460 g/mol. The van der Waals surface area contributed by atoms with Gasteiger partial charge < -0.3 is 9.47 Å². The molecule has 0 bridgehead atoms. The van der Waals surface area contributed by atoms with Crippen molar-refractivity contribution in [2.75, 3.05) is 12.0 Å². The molecule has 1 aliphatic heterocycles. The van der Waals surface area contributed by atoms with Crippen LogP contribution in [-0.2, 0) is 22.6 Å². The minimum Gasteiger partial charge on any atom is -0.493 e. The van der Waals surface area contributed by atoms with E-state index in [9.17, 15) is 9.59 Å². The van der Waals surface area contributed by atoms with Gasteiger partial charge in [-0.15, -0.1) is 0 Å². The van der Waals surface area contributed by atoms with Crippen molar-refractivity contribution in [2.24, 2.45) is 0 Å². The number of thiocarbonyl (C=S) groups is 1. The lowest BCUT2D eigenvalue weighted by atomic mass is 10.1. The predicted octanol–water partition coefficient (Wildman–Crippen LogP) is 4.98. The Balaban J connectivity index is 1.58. The monoisotopic (exact) mass is 486 g/mol. The van der Waals surface area contributed by atoms with E-state index in [1.165, 1.54) is 11.0 Å². The summed E-state index contributed by atoms with van der Waals surface area (Å²) in [6.45, 7) is 4.48. The topological polar surface area (TPSA) is 67.9 Å². The van der Waals surface area contributed by atoms with Gasteiger partial charge in [-0.2, -0.15) is 0 Å². The van der Waals surface area contributed by atoms with Crippen molar-refractivity contribution < 1.29 is 19.1 Å². The second-order valence-corrected chi connectivity index (χ2v) is 8.55. The van der Waals surface area contributed by atoms with Crippen LogP contribution in [0.5, 0.6) is 11.5 Å². The van der Waals surface area contributed by atoms with Crippen LogP contribution in [0.2, 0.25) is 0 Å². The lowest BCUT2D eigenvalue weighted by molar-refractivity contribution is -0.122. The molecule has 0 unspecified atom stereocenters. The van der Waals surface area contributed by atoms with E-state index in [0.717, 1.165) is 23.1 Å². The van der Waals surface area contributed by atoms with Crippen molar-refractivity contribution in [3.8, 4) is 11.5 Å². The van der Waals surface area contributed by atoms with Crippen LogP contribution in [0, 0.1) is 6.92 Å². The zero-order valence-corrected chi connectivity index (χ0v) is 20.6. The van der Waals surface area contributed by atoms with Crippen LogP contribution in [-0.4, -0.2) is 24.0 Å². The van der Waals surface area contributed by atoms with Gasteiger partial charge in [0, 0.05) is 0 Å². The maximum absolute atomic E-state index is 13.3. The number of carbonyl (C=O) groups is 2. The number of carbonyl (C=O) groups excluding carboxylic acids is 2. The lowest BCUT2D eigenvalue weighted by Crippen LogP contribution is -2.54. The van der Waals surface area contributed by atoms with Gasteiger partial charge in [-0.05, 0) is 72.6 Å². The third-order valence-corrected chi connectivity index (χ3v) is 5.96. The molecular formula is C28H26N2O4S. The van der Waals surface area contributed by atoms with Gasteiger partial charge in [-0.1, -0.05) is 55.0 Å². The molecule has 0 aliphatic carbocycles. The maximum atomic E-state index is 13.3. The van der Waals surface area contributed by atoms with E-state index in [2.05, 4.69) is 18.3 Å². The summed E-state index contributed by atoms with van der Waals surface area (Å²) in [5.41, 5.74) is 4.54. The Morgan fingerprint density at radius 2 is 1.74 bits per heavy atom. The van der Waals surface area contributed by atoms with Crippen LogP contribution in [0.25, 0.3) is 6.08 Å². The molecule has 0 aromatic heterocycles. The van der Waals surface area contributed by atoms with Crippen molar-refractivity contribution >= 4 is 40.9 Å². The standard InChI is InChI=1S/C28H26N2O4S/c1-4-19-8-11-22(12-9-19)30-27(32)23(26(31)29-28(30)35)15-20-10-13-24(25(16-20)33-3)34-17-21-7-5-6-18(2)14-21/h5-16H,4,17H2,1-3H3,(H,29,31,35)/b23-15+. The Labute approximate surface area is 210 Å². The number of nitrogens with zero attached hydrogens (tertiary/aromatic N) is 1. The summed E-state index contributed by atoms with van der Waals surface area (Å²) in [6, 6.07) is 20.9. The van der Waals surface area contributed by atoms with Gasteiger partial charge in [-0.3, -0.25) is 19.8 Å². The highest BCUT2D eigenvalue weighted by Gasteiger charge is 2.34. The molecule has 1 N–H and O–H groups in total. The number of hydrogen-bond donors (Lipinski definition) is 1. The average Bonchev–Trinajstić information content (AvgIpc) is 2.86. The summed E-state index contributed by atoms with van der Waals surface area (Å²) in [4.78, 5) is 27.2. The van der Waals surface area contributed by atoms with Crippen LogP contribution in [0.15, 0.2) is 72.3 Å². The zero-order chi connectivity index (χ0) is 24.9. The van der Waals surface area contributed by atoms with Crippen molar-refractivity contribution in [1.29, 1.82) is 0 Å². The molecule has 35 heavy (non-hydrogen) atoms. The van der Waals surface area contributed by atoms with Crippen molar-refractivity contribution in [3.05, 3.63) is 94.6 Å². The number of ether oxygens (including phenoxy) is 2. The van der Waals surface area contributed by atoms with E-state index in [1.54, 1.807) is 25.3 Å². The molecule has 4 rings (SSSR count). The number of benzene rings is 3. The van der Waals surface area contributed by atoms with Gasteiger partial charge in [-0.25, -0.2) is 0 Å². The fraction of sp³-hybridized carbons (Fsp3) is 0.179. The van der Waals surface area contributed by atoms with Crippen LogP contribution in [0.1, 0.15) is 29.2 Å². The lowest BCUT2D eigenvalue weighted by Gasteiger charge is -2.29. The molecule has 7 heteroatoms. The fourth-order valence-electron chi connectivity index (χ4n) is 3.80. The third-order valence-electron chi connectivity index (χ3n) is 5.68. The Bertz CT molecular complexity index is 1310. The Morgan fingerprint density at radius 3 is 2.43 bits per heavy atom. The molecule has 3 aromatic rings. The second-order valence-electron chi connectivity index (χ2n) is 8.17. The molecule has 178 valence electrons. The van der Waals surface area contributed by atoms with Gasteiger partial charge in [0.25, 0.3) is 11.8 Å². The number of amides is 2. The van der Waals surface area contributed by atoms with Crippen LogP contribution in [0.3, 0.4) is 0 Å². The van der Waals surface area contributed by atoms with E-state index in [4.69, 9.17) is 21.7 Å². The molecule has 0 spiro atoms.